The van der Waals surface area contributed by atoms with E-state index in [1.807, 2.05) is 12.1 Å². The largest absolute Gasteiger partial charge is 0.381 e. The predicted molar refractivity (Wildman–Crippen MR) is 83.3 cm³/mol. The van der Waals surface area contributed by atoms with Gasteiger partial charge in [-0.15, -0.1) is 0 Å². The lowest BCUT2D eigenvalue weighted by Crippen LogP contribution is -2.02. The molecule has 0 bridgehead atoms. The average molecular weight is 330 g/mol. The molecule has 0 heterocycles. The van der Waals surface area contributed by atoms with Gasteiger partial charge in [0.2, 0.25) is 0 Å². The van der Waals surface area contributed by atoms with Gasteiger partial charge < -0.3 is 5.32 Å². The van der Waals surface area contributed by atoms with Crippen LogP contribution in [0.1, 0.15) is 5.56 Å². The fourth-order valence-corrected chi connectivity index (χ4v) is 2.68. The van der Waals surface area contributed by atoms with Crippen LogP contribution in [0.2, 0.25) is 10.0 Å². The van der Waals surface area contributed by atoms with Gasteiger partial charge in [-0.05, 0) is 35.9 Å². The van der Waals surface area contributed by atoms with E-state index in [0.717, 1.165) is 11.3 Å². The molecular weight excluding hydrogens is 317 g/mol. The van der Waals surface area contributed by atoms with E-state index in [0.29, 0.717) is 16.6 Å². The minimum Gasteiger partial charge on any atom is -0.381 e. The Kier molecular flexibility index (Phi) is 4.58. The average Bonchev–Trinajstić information content (AvgIpc) is 2.39. The summed E-state index contributed by atoms with van der Waals surface area (Å²) in [6.45, 7) is 0.532. The van der Waals surface area contributed by atoms with E-state index < -0.39 is 9.84 Å². The van der Waals surface area contributed by atoms with Crippen molar-refractivity contribution in [2.24, 2.45) is 0 Å². The van der Waals surface area contributed by atoms with E-state index in [9.17, 15) is 8.42 Å². The molecule has 1 N–H and O–H groups in total. The first kappa shape index (κ1) is 15.2. The Morgan fingerprint density at radius 2 is 1.80 bits per heavy atom. The summed E-state index contributed by atoms with van der Waals surface area (Å²) < 4.78 is 23.0. The maximum absolute atomic E-state index is 11.5. The quantitative estimate of drug-likeness (QED) is 0.921. The lowest BCUT2D eigenvalue weighted by Gasteiger charge is -2.08. The lowest BCUT2D eigenvalue weighted by molar-refractivity contribution is 0.602. The van der Waals surface area contributed by atoms with Crippen molar-refractivity contribution >= 4 is 38.7 Å². The van der Waals surface area contributed by atoms with Crippen LogP contribution in [0.25, 0.3) is 0 Å². The molecule has 20 heavy (non-hydrogen) atoms. The molecule has 106 valence electrons. The highest BCUT2D eigenvalue weighted by Crippen LogP contribution is 2.23. The molecule has 0 radical (unpaired) electrons. The molecule has 0 spiro atoms. The van der Waals surface area contributed by atoms with E-state index in [4.69, 9.17) is 23.2 Å². The minimum atomic E-state index is -3.20. The van der Waals surface area contributed by atoms with Gasteiger partial charge in [-0.2, -0.15) is 0 Å². The van der Waals surface area contributed by atoms with E-state index in [1.54, 1.807) is 30.3 Å². The number of nitrogens with one attached hydrogen (secondary N) is 1. The molecular formula is C14H13Cl2NO2S. The molecule has 2 rings (SSSR count). The smallest absolute Gasteiger partial charge is 0.175 e. The molecule has 0 unspecified atom stereocenters. The summed E-state index contributed by atoms with van der Waals surface area (Å²) >= 11 is 11.8. The van der Waals surface area contributed by atoms with Gasteiger partial charge in [-0.1, -0.05) is 35.3 Å². The van der Waals surface area contributed by atoms with Crippen LogP contribution in [0.5, 0.6) is 0 Å². The number of hydrogen-bond donors (Lipinski definition) is 1. The Morgan fingerprint density at radius 1 is 1.05 bits per heavy atom. The number of benzene rings is 2. The molecule has 0 aromatic heterocycles. The predicted octanol–water partition coefficient (Wildman–Crippen LogP) is 4.01. The molecule has 2 aromatic carbocycles. The van der Waals surface area contributed by atoms with Crippen molar-refractivity contribution in [1.82, 2.24) is 0 Å². The molecule has 3 nitrogen and oxygen atoms in total. The normalized spacial score (nSPS) is 11.3. The summed E-state index contributed by atoms with van der Waals surface area (Å²) in [5, 5.41) is 4.16. The first-order valence-electron chi connectivity index (χ1n) is 5.84. The van der Waals surface area contributed by atoms with Crippen LogP contribution in [0, 0.1) is 0 Å². The molecule has 0 amide bonds. The first-order chi connectivity index (χ1) is 9.36. The Bertz CT molecular complexity index is 730. The number of hydrogen-bond acceptors (Lipinski definition) is 3. The van der Waals surface area contributed by atoms with Crippen LogP contribution in [-0.2, 0) is 16.4 Å². The molecule has 0 aliphatic carbocycles. The fourth-order valence-electron chi connectivity index (χ4n) is 1.69. The number of rotatable bonds is 4. The Balaban J connectivity index is 2.13. The van der Waals surface area contributed by atoms with Crippen molar-refractivity contribution in [2.75, 3.05) is 11.6 Å². The number of sulfone groups is 1. The van der Waals surface area contributed by atoms with Gasteiger partial charge in [-0.25, -0.2) is 8.42 Å². The van der Waals surface area contributed by atoms with E-state index >= 15 is 0 Å². The van der Waals surface area contributed by atoms with Gasteiger partial charge in [-0.3, -0.25) is 0 Å². The third kappa shape index (κ3) is 3.88. The zero-order chi connectivity index (χ0) is 14.8. The topological polar surface area (TPSA) is 46.2 Å². The second-order valence-electron chi connectivity index (χ2n) is 4.40. The lowest BCUT2D eigenvalue weighted by atomic mass is 10.2. The second kappa shape index (κ2) is 6.04. The zero-order valence-corrected chi connectivity index (χ0v) is 13.1. The van der Waals surface area contributed by atoms with Gasteiger partial charge in [0.1, 0.15) is 0 Å². The standard InChI is InChI=1S/C14H13Cl2NO2S/c1-20(18,19)12-4-2-3-11(8-12)17-9-10-5-6-13(15)14(16)7-10/h2-8,17H,9H2,1H3. The van der Waals surface area contributed by atoms with Crippen molar-refractivity contribution in [3.8, 4) is 0 Å². The van der Waals surface area contributed by atoms with Crippen LogP contribution >= 0.6 is 23.2 Å². The van der Waals surface area contributed by atoms with Crippen LogP contribution in [0.3, 0.4) is 0 Å². The van der Waals surface area contributed by atoms with Gasteiger partial charge in [0.05, 0.1) is 14.9 Å². The molecule has 0 saturated carbocycles. The summed E-state index contributed by atoms with van der Waals surface area (Å²) in [5.74, 6) is 0. The maximum Gasteiger partial charge on any atom is 0.175 e. The van der Waals surface area contributed by atoms with Crippen molar-refractivity contribution in [2.45, 2.75) is 11.4 Å². The minimum absolute atomic E-state index is 0.289. The van der Waals surface area contributed by atoms with Gasteiger partial charge in [0.25, 0.3) is 0 Å². The third-order valence-corrected chi connectivity index (χ3v) is 4.59. The fraction of sp³-hybridized carbons (Fsp3) is 0.143. The molecule has 0 fully saturated rings. The molecule has 0 saturated heterocycles. The van der Waals surface area contributed by atoms with Gasteiger partial charge in [0.15, 0.2) is 9.84 Å². The molecule has 0 atom stereocenters. The first-order valence-corrected chi connectivity index (χ1v) is 8.49. The third-order valence-electron chi connectivity index (χ3n) is 2.74. The number of halogens is 2. The van der Waals surface area contributed by atoms with Crippen LogP contribution in [-0.4, -0.2) is 14.7 Å². The Morgan fingerprint density at radius 3 is 2.45 bits per heavy atom. The van der Waals surface area contributed by atoms with Crippen molar-refractivity contribution < 1.29 is 8.42 Å². The summed E-state index contributed by atoms with van der Waals surface area (Å²) in [6.07, 6.45) is 1.19. The maximum atomic E-state index is 11.5. The summed E-state index contributed by atoms with van der Waals surface area (Å²) in [4.78, 5) is 0.289. The molecule has 0 aliphatic rings. The zero-order valence-electron chi connectivity index (χ0n) is 10.7. The van der Waals surface area contributed by atoms with E-state index in [1.165, 1.54) is 6.26 Å². The Labute approximate surface area is 128 Å². The van der Waals surface area contributed by atoms with Crippen LogP contribution in [0.15, 0.2) is 47.4 Å². The Hall–Kier alpha value is -1.23. The highest BCUT2D eigenvalue weighted by Gasteiger charge is 2.07. The monoisotopic (exact) mass is 329 g/mol. The molecule has 2 aromatic rings. The summed E-state index contributed by atoms with van der Waals surface area (Å²) in [5.41, 5.74) is 1.70. The van der Waals surface area contributed by atoms with Crippen molar-refractivity contribution in [3.05, 3.63) is 58.1 Å². The van der Waals surface area contributed by atoms with E-state index in [-0.39, 0.29) is 4.90 Å². The van der Waals surface area contributed by atoms with E-state index in [2.05, 4.69) is 5.32 Å². The molecule has 6 heteroatoms. The van der Waals surface area contributed by atoms with Crippen molar-refractivity contribution in [3.63, 3.8) is 0 Å². The summed E-state index contributed by atoms with van der Waals surface area (Å²) in [6, 6.07) is 12.1. The number of anilines is 1. The van der Waals surface area contributed by atoms with Gasteiger partial charge in [0, 0.05) is 18.5 Å². The van der Waals surface area contributed by atoms with Crippen molar-refractivity contribution in [1.29, 1.82) is 0 Å². The van der Waals surface area contributed by atoms with Crippen LogP contribution < -0.4 is 5.32 Å². The molecule has 0 aliphatic heterocycles. The van der Waals surface area contributed by atoms with Gasteiger partial charge >= 0.3 is 0 Å². The summed E-state index contributed by atoms with van der Waals surface area (Å²) in [7, 11) is -3.20. The SMILES string of the molecule is CS(=O)(=O)c1cccc(NCc2ccc(Cl)c(Cl)c2)c1. The van der Waals surface area contributed by atoms with Crippen LogP contribution in [0.4, 0.5) is 5.69 Å². The second-order valence-corrected chi connectivity index (χ2v) is 7.23. The highest BCUT2D eigenvalue weighted by molar-refractivity contribution is 7.90. The highest BCUT2D eigenvalue weighted by atomic mass is 35.5.